The number of aliphatic carboxylic acids is 2. The van der Waals surface area contributed by atoms with Crippen LogP contribution in [0.1, 0.15) is 120 Å². The third kappa shape index (κ3) is 21.4. The van der Waals surface area contributed by atoms with Crippen molar-refractivity contribution < 1.29 is 72.4 Å². The molecule has 2 fully saturated rings. The normalized spacial score (nSPS) is 21.2. The van der Waals surface area contributed by atoms with Gasteiger partial charge in [0.1, 0.15) is 84.4 Å². The van der Waals surface area contributed by atoms with Crippen molar-refractivity contribution in [3.63, 3.8) is 0 Å². The van der Waals surface area contributed by atoms with Gasteiger partial charge in [-0.2, -0.15) is 0 Å². The van der Waals surface area contributed by atoms with E-state index in [1.807, 2.05) is 84.9 Å². The molecule has 608 valence electrons. The maximum absolute atomic E-state index is 15.5. The molecule has 8 aromatic rings. The molecule has 12 bridgehead atoms. The fourth-order valence-corrected chi connectivity index (χ4v) is 14.3. The first kappa shape index (κ1) is 83.7. The molecular formula is C83H101N17O15. The number of hydrogen-bond acceptors (Lipinski definition) is 19. The number of benzene rings is 6. The zero-order chi connectivity index (χ0) is 82.6. The highest BCUT2D eigenvalue weighted by Crippen LogP contribution is 2.35. The zero-order valence-electron chi connectivity index (χ0n) is 66.0. The van der Waals surface area contributed by atoms with Crippen LogP contribution in [0.4, 0.5) is 0 Å². The van der Waals surface area contributed by atoms with Gasteiger partial charge >= 0.3 is 11.9 Å². The SMILES string of the molecule is CNC(C)C(=O)NC(C(=O)N1CC2CC1C(=O)NC(Cc1ccc3ccccc3c1)C(=O)NC(C(=O)O)Cc1ccc(cc1)OCc1cn(nn1)C1CC(C(=O)NC(Cc3ccc4ccccc4c3)C(=O)NC(C(=O)NCCC(=O)O)Cc3ccc(cc3)OCc3cn2nn3)N(C(=O)C(NC(=O)C(C)NC)C(C)(C)C)C1)C(C)(C)C. The first-order chi connectivity index (χ1) is 54.8. The van der Waals surface area contributed by atoms with Gasteiger partial charge in [0.25, 0.3) is 0 Å². The molecule has 12 atom stereocenters. The van der Waals surface area contributed by atoms with Crippen molar-refractivity contribution in [2.24, 2.45) is 10.8 Å². The number of carboxylic acids is 2. The maximum atomic E-state index is 15.5. The number of likely N-dealkylation sites (tertiary alicyclic amines) is 2. The van der Waals surface area contributed by atoms with Crippen LogP contribution in [-0.4, -0.2) is 209 Å². The molecule has 11 N–H and O–H groups in total. The molecule has 0 saturated carbocycles. The molecule has 9 amide bonds. The second kappa shape index (κ2) is 36.7. The van der Waals surface area contributed by atoms with Crippen molar-refractivity contribution in [1.29, 1.82) is 0 Å². The Morgan fingerprint density at radius 1 is 0.522 bits per heavy atom. The smallest absolute Gasteiger partial charge is 0.326 e. The predicted octanol–water partition coefficient (Wildman–Crippen LogP) is 3.79. The summed E-state index contributed by atoms with van der Waals surface area (Å²) >= 11 is 0. The Balaban J connectivity index is 0.941. The molecule has 6 aromatic carbocycles. The number of ether oxygens (including phenoxy) is 2. The van der Waals surface area contributed by atoms with E-state index in [4.69, 9.17) is 9.47 Å². The van der Waals surface area contributed by atoms with Gasteiger partial charge in [0.2, 0.25) is 53.2 Å². The Hall–Kier alpha value is -12.2. The summed E-state index contributed by atoms with van der Waals surface area (Å²) in [6.45, 7) is 13.2. The van der Waals surface area contributed by atoms with Crippen LogP contribution in [0.2, 0.25) is 0 Å². The van der Waals surface area contributed by atoms with Crippen LogP contribution >= 0.6 is 0 Å². The minimum absolute atomic E-state index is 0.0541. The molecule has 32 nitrogen and oxygen atoms in total. The maximum Gasteiger partial charge on any atom is 0.326 e. The van der Waals surface area contributed by atoms with E-state index < -0.39 is 155 Å². The highest BCUT2D eigenvalue weighted by atomic mass is 16.5. The number of rotatable bonds is 17. The van der Waals surface area contributed by atoms with Crippen LogP contribution in [0.3, 0.4) is 0 Å². The Kier molecular flexibility index (Phi) is 26.8. The molecule has 32 heteroatoms. The van der Waals surface area contributed by atoms with Gasteiger partial charge in [-0.3, -0.25) is 47.9 Å². The van der Waals surface area contributed by atoms with Gasteiger partial charge in [-0.15, -0.1) is 10.2 Å². The summed E-state index contributed by atoms with van der Waals surface area (Å²) in [5, 5.41) is 67.2. The fraction of sp³-hybridized carbons (Fsp3) is 0.434. The van der Waals surface area contributed by atoms with Crippen LogP contribution in [0.25, 0.3) is 21.5 Å². The topological polar surface area (TPSA) is 423 Å². The third-order valence-electron chi connectivity index (χ3n) is 21.2. The highest BCUT2D eigenvalue weighted by molar-refractivity contribution is 5.99. The summed E-state index contributed by atoms with van der Waals surface area (Å²) < 4.78 is 15.4. The van der Waals surface area contributed by atoms with E-state index in [9.17, 15) is 39.0 Å². The van der Waals surface area contributed by atoms with Gasteiger partial charge in [-0.05, 0) is 107 Å². The van der Waals surface area contributed by atoms with Crippen LogP contribution < -0.4 is 57.3 Å². The van der Waals surface area contributed by atoms with E-state index in [-0.39, 0.29) is 71.4 Å². The largest absolute Gasteiger partial charge is 0.487 e. The summed E-state index contributed by atoms with van der Waals surface area (Å²) in [7, 11) is 3.21. The van der Waals surface area contributed by atoms with Crippen molar-refractivity contribution in [3.05, 3.63) is 179 Å². The van der Waals surface area contributed by atoms with Crippen molar-refractivity contribution >= 4 is 86.6 Å². The van der Waals surface area contributed by atoms with Gasteiger partial charge in [-0.1, -0.05) is 161 Å². The molecule has 115 heavy (non-hydrogen) atoms. The highest BCUT2D eigenvalue weighted by Gasteiger charge is 2.49. The molecule has 2 saturated heterocycles. The average Bonchev–Trinajstić information content (AvgIpc) is 1.65. The molecule has 6 aliphatic heterocycles. The lowest BCUT2D eigenvalue weighted by Crippen LogP contribution is -2.61. The number of aromatic nitrogens is 6. The van der Waals surface area contributed by atoms with Crippen LogP contribution in [0, 0.1) is 10.8 Å². The predicted molar refractivity (Wildman–Crippen MR) is 423 cm³/mol. The number of carbonyl (C=O) groups is 11. The van der Waals surface area contributed by atoms with Crippen LogP contribution in [0.5, 0.6) is 11.5 Å². The Bertz CT molecular complexity index is 4880. The average molecular weight is 1580 g/mol. The number of fused-ring (bicyclic) bond motifs is 2. The number of nitrogens with zero attached hydrogens (tertiary/aromatic N) is 8. The monoisotopic (exact) mass is 1580 g/mol. The van der Waals surface area contributed by atoms with Crippen molar-refractivity contribution in [3.8, 4) is 11.5 Å². The second-order valence-corrected chi connectivity index (χ2v) is 31.9. The van der Waals surface area contributed by atoms with Crippen LogP contribution in [-0.2, 0) is 91.6 Å². The lowest BCUT2D eigenvalue weighted by molar-refractivity contribution is -0.145. The summed E-state index contributed by atoms with van der Waals surface area (Å²) in [5.41, 5.74) is 1.12. The van der Waals surface area contributed by atoms with E-state index in [2.05, 4.69) is 68.5 Å². The van der Waals surface area contributed by atoms with E-state index in [1.165, 1.54) is 19.2 Å². The molecule has 6 aliphatic rings. The molecule has 0 spiro atoms. The van der Waals surface area contributed by atoms with E-state index in [0.717, 1.165) is 21.5 Å². The lowest BCUT2D eigenvalue weighted by Gasteiger charge is -2.36. The van der Waals surface area contributed by atoms with Gasteiger partial charge in [0.15, 0.2) is 0 Å². The number of nitrogens with one attached hydrogen (secondary N) is 9. The number of amides is 9. The Morgan fingerprint density at radius 2 is 0.922 bits per heavy atom. The molecule has 8 heterocycles. The van der Waals surface area contributed by atoms with Gasteiger partial charge in [-0.25, -0.2) is 14.2 Å². The minimum atomic E-state index is -1.53. The number of hydrogen-bond donors (Lipinski definition) is 11. The van der Waals surface area contributed by atoms with Gasteiger partial charge in [0, 0.05) is 58.2 Å². The second-order valence-electron chi connectivity index (χ2n) is 31.9. The molecule has 14 rings (SSSR count). The molecule has 0 radical (unpaired) electrons. The van der Waals surface area contributed by atoms with Gasteiger partial charge in [0.05, 0.1) is 43.0 Å². The summed E-state index contributed by atoms with van der Waals surface area (Å²) in [5.74, 6) is -7.83. The molecule has 0 aliphatic carbocycles. The van der Waals surface area contributed by atoms with E-state index in [0.29, 0.717) is 45.1 Å². The van der Waals surface area contributed by atoms with Crippen molar-refractivity contribution in [2.45, 2.75) is 186 Å². The Labute approximate surface area is 665 Å². The summed E-state index contributed by atoms with van der Waals surface area (Å²) in [4.78, 5) is 161. The van der Waals surface area contributed by atoms with Crippen LogP contribution in [0.15, 0.2) is 146 Å². The van der Waals surface area contributed by atoms with E-state index in [1.54, 1.807) is 130 Å². The number of likely N-dealkylation sites (N-methyl/N-ethyl adjacent to an activating group) is 2. The first-order valence-corrected chi connectivity index (χ1v) is 38.5. The molecule has 12 unspecified atom stereocenters. The van der Waals surface area contributed by atoms with Gasteiger partial charge < -0.3 is 77.3 Å². The lowest BCUT2D eigenvalue weighted by atomic mass is 9.85. The number of carbonyl (C=O) groups excluding carboxylic acids is 9. The zero-order valence-corrected chi connectivity index (χ0v) is 66.0. The van der Waals surface area contributed by atoms with E-state index >= 15 is 24.0 Å². The standard InChI is InChI=1S/C83H101N17O15/c1-47(84-9)72(103)91-70(82(3,4)5)79(110)97-43-59-39-67(97)77(108)88-64(37-51-19-25-53-15-11-13-17-55(53)33-51)75(106)87-63(74(105)86-32-31-69(101)102)35-49-21-27-61(28-22-49)114-45-57-41-100(95-93-57)60-40-68(98(44-60)80(111)71(83(6,7)8)92-73(104)48(2)85-10)78(109)89-65(38-52-20-26-54-16-12-14-18-56(54)34-52)76(107)90-66(81(112)113)36-50-23-29-62(30-24-50)115-46-58-42-99(59)96-94-58/h11-30,33-34,41-42,47-48,59-60,63-68,70-71,84-85H,31-32,35-40,43-46H2,1-10H3,(H,86,105)(H,87,106)(H,88,108)(H,89,109)(H,90,107)(H,91,103)(H,92,104)(H,101,102)(H,112,113). The van der Waals surface area contributed by atoms with Crippen molar-refractivity contribution in [1.82, 2.24) is 87.6 Å². The Morgan fingerprint density at radius 3 is 1.31 bits per heavy atom. The number of carboxylic acid groups (broad SMARTS) is 2. The summed E-state index contributed by atoms with van der Waals surface area (Å²) in [6, 6.07) is 25.9. The minimum Gasteiger partial charge on any atom is -0.487 e. The quantitative estimate of drug-likeness (QED) is 0.0617. The third-order valence-corrected chi connectivity index (χ3v) is 21.2. The molecule has 2 aromatic heterocycles. The molecular weight excluding hydrogens is 1480 g/mol. The summed E-state index contributed by atoms with van der Waals surface area (Å²) in [6.07, 6.45) is 2.09. The van der Waals surface area contributed by atoms with Crippen molar-refractivity contribution in [2.75, 3.05) is 33.7 Å². The first-order valence-electron chi connectivity index (χ1n) is 38.5. The fourth-order valence-electron chi connectivity index (χ4n) is 14.3.